The molecule has 0 bridgehead atoms. The minimum atomic E-state index is -3.41. The minimum Gasteiger partial charge on any atom is -0.381 e. The molecule has 3 rings (SSSR count). The molecule has 1 saturated heterocycles. The Balaban J connectivity index is 1.89. The molecule has 1 aliphatic heterocycles. The number of benzene rings is 2. The number of hydrogen-bond acceptors (Lipinski definition) is 3. The summed E-state index contributed by atoms with van der Waals surface area (Å²) in [5.74, 6) is 0. The fraction of sp³-hybridized carbons (Fsp3) is 0.375. The summed E-state index contributed by atoms with van der Waals surface area (Å²) in [6.45, 7) is 1.04. The Kier molecular flexibility index (Phi) is 3.97. The summed E-state index contributed by atoms with van der Waals surface area (Å²) in [4.78, 5) is 0.372. The number of hydrogen-bond donors (Lipinski definition) is 0. The summed E-state index contributed by atoms with van der Waals surface area (Å²) in [7, 11) is -1.73. The highest BCUT2D eigenvalue weighted by molar-refractivity contribution is 7.89. The molecule has 21 heavy (non-hydrogen) atoms. The van der Waals surface area contributed by atoms with Gasteiger partial charge in [0.1, 0.15) is 0 Å². The van der Waals surface area contributed by atoms with E-state index >= 15 is 0 Å². The average molecular weight is 305 g/mol. The number of nitrogens with zero attached hydrogens (tertiary/aromatic N) is 1. The summed E-state index contributed by atoms with van der Waals surface area (Å²) in [6.07, 6.45) is 1.68. The lowest BCUT2D eigenvalue weighted by atomic mass is 10.1. The van der Waals surface area contributed by atoms with E-state index in [-0.39, 0.29) is 6.10 Å². The van der Waals surface area contributed by atoms with Crippen molar-refractivity contribution >= 4 is 20.8 Å². The largest absolute Gasteiger partial charge is 0.381 e. The highest BCUT2D eigenvalue weighted by atomic mass is 32.2. The third-order valence-electron chi connectivity index (χ3n) is 4.09. The van der Waals surface area contributed by atoms with E-state index in [1.807, 2.05) is 30.3 Å². The van der Waals surface area contributed by atoms with E-state index in [1.54, 1.807) is 23.5 Å². The molecule has 0 atom stereocenters. The summed E-state index contributed by atoms with van der Waals surface area (Å²) < 4.78 is 32.3. The number of sulfonamides is 1. The second kappa shape index (κ2) is 5.75. The third kappa shape index (κ3) is 2.81. The van der Waals surface area contributed by atoms with Gasteiger partial charge < -0.3 is 4.74 Å². The molecule has 2 aromatic carbocycles. The molecule has 112 valence electrons. The van der Waals surface area contributed by atoms with Gasteiger partial charge in [-0.05, 0) is 35.7 Å². The van der Waals surface area contributed by atoms with Crippen LogP contribution in [-0.2, 0) is 14.8 Å². The monoisotopic (exact) mass is 305 g/mol. The lowest BCUT2D eigenvalue weighted by molar-refractivity contribution is 0.0604. The highest BCUT2D eigenvalue weighted by Gasteiger charge is 2.29. The third-order valence-corrected chi connectivity index (χ3v) is 5.99. The Morgan fingerprint density at radius 3 is 2.38 bits per heavy atom. The fourth-order valence-corrected chi connectivity index (χ4v) is 4.29. The Morgan fingerprint density at radius 1 is 1.05 bits per heavy atom. The second-order valence-corrected chi connectivity index (χ2v) is 7.29. The standard InChI is InChI=1S/C16H19NO3S/c1-20-15-8-10-17(11-9-15)21(18,19)16-7-6-13-4-2-3-5-14(13)12-16/h2-7,12,15H,8-11H2,1H3. The molecular formula is C16H19NO3S. The molecule has 1 heterocycles. The molecule has 4 nitrogen and oxygen atoms in total. The van der Waals surface area contributed by atoms with Crippen molar-refractivity contribution in [1.82, 2.24) is 4.31 Å². The van der Waals surface area contributed by atoms with E-state index in [0.29, 0.717) is 18.0 Å². The average Bonchev–Trinajstić information content (AvgIpc) is 2.54. The van der Waals surface area contributed by atoms with Crippen LogP contribution in [0.2, 0.25) is 0 Å². The van der Waals surface area contributed by atoms with Crippen LogP contribution >= 0.6 is 0 Å². The molecule has 0 N–H and O–H groups in total. The van der Waals surface area contributed by atoms with Crippen molar-refractivity contribution in [1.29, 1.82) is 0 Å². The van der Waals surface area contributed by atoms with Crippen molar-refractivity contribution < 1.29 is 13.2 Å². The van der Waals surface area contributed by atoms with Gasteiger partial charge in [0.15, 0.2) is 0 Å². The summed E-state index contributed by atoms with van der Waals surface area (Å²) >= 11 is 0. The molecule has 0 aromatic heterocycles. The molecule has 0 unspecified atom stereocenters. The number of rotatable bonds is 3. The van der Waals surface area contributed by atoms with E-state index in [1.165, 1.54) is 0 Å². The predicted molar refractivity (Wildman–Crippen MR) is 82.7 cm³/mol. The van der Waals surface area contributed by atoms with Gasteiger partial charge in [-0.3, -0.25) is 0 Å². The van der Waals surface area contributed by atoms with Gasteiger partial charge in [-0.2, -0.15) is 4.31 Å². The van der Waals surface area contributed by atoms with Crippen molar-refractivity contribution in [3.05, 3.63) is 42.5 Å². The first kappa shape index (κ1) is 14.5. The zero-order valence-electron chi connectivity index (χ0n) is 12.0. The van der Waals surface area contributed by atoms with Crippen LogP contribution in [0.1, 0.15) is 12.8 Å². The van der Waals surface area contributed by atoms with E-state index in [2.05, 4.69) is 0 Å². The molecule has 0 saturated carbocycles. The van der Waals surface area contributed by atoms with Gasteiger partial charge in [0, 0.05) is 20.2 Å². The zero-order chi connectivity index (χ0) is 14.9. The number of methoxy groups -OCH3 is 1. The number of fused-ring (bicyclic) bond motifs is 1. The van der Waals surface area contributed by atoms with Gasteiger partial charge in [0.05, 0.1) is 11.0 Å². The van der Waals surface area contributed by atoms with Crippen molar-refractivity contribution in [2.45, 2.75) is 23.8 Å². The lowest BCUT2D eigenvalue weighted by Crippen LogP contribution is -2.40. The molecular weight excluding hydrogens is 286 g/mol. The Labute approximate surface area is 125 Å². The molecule has 0 amide bonds. The van der Waals surface area contributed by atoms with Crippen LogP contribution in [0.25, 0.3) is 10.8 Å². The Bertz CT molecular complexity index is 734. The van der Waals surface area contributed by atoms with Gasteiger partial charge >= 0.3 is 0 Å². The molecule has 1 fully saturated rings. The highest BCUT2D eigenvalue weighted by Crippen LogP contribution is 2.24. The van der Waals surface area contributed by atoms with Crippen LogP contribution in [0.4, 0.5) is 0 Å². The predicted octanol–water partition coefficient (Wildman–Crippen LogP) is 2.64. The summed E-state index contributed by atoms with van der Waals surface area (Å²) in [5.41, 5.74) is 0. The molecule has 2 aromatic rings. The van der Waals surface area contributed by atoms with Crippen LogP contribution in [0, 0.1) is 0 Å². The normalized spacial score (nSPS) is 18.1. The molecule has 0 radical (unpaired) electrons. The van der Waals surface area contributed by atoms with Crippen LogP contribution < -0.4 is 0 Å². The zero-order valence-corrected chi connectivity index (χ0v) is 12.8. The van der Waals surface area contributed by atoms with Gasteiger partial charge in [-0.25, -0.2) is 8.42 Å². The quantitative estimate of drug-likeness (QED) is 0.876. The summed E-state index contributed by atoms with van der Waals surface area (Å²) in [5, 5.41) is 2.00. The van der Waals surface area contributed by atoms with Gasteiger partial charge in [-0.1, -0.05) is 30.3 Å². The van der Waals surface area contributed by atoms with Crippen molar-refractivity contribution in [2.24, 2.45) is 0 Å². The van der Waals surface area contributed by atoms with Gasteiger partial charge in [0.2, 0.25) is 10.0 Å². The molecule has 1 aliphatic rings. The van der Waals surface area contributed by atoms with Crippen molar-refractivity contribution in [3.8, 4) is 0 Å². The van der Waals surface area contributed by atoms with Gasteiger partial charge in [0.25, 0.3) is 0 Å². The van der Waals surface area contributed by atoms with E-state index in [9.17, 15) is 8.42 Å². The van der Waals surface area contributed by atoms with Crippen LogP contribution in [0.15, 0.2) is 47.4 Å². The Morgan fingerprint density at radius 2 is 1.71 bits per heavy atom. The van der Waals surface area contributed by atoms with Crippen LogP contribution in [-0.4, -0.2) is 39.0 Å². The lowest BCUT2D eigenvalue weighted by Gasteiger charge is -2.30. The number of piperidine rings is 1. The SMILES string of the molecule is COC1CCN(S(=O)(=O)c2ccc3ccccc3c2)CC1. The first-order valence-electron chi connectivity index (χ1n) is 7.13. The molecule has 0 spiro atoms. The Hall–Kier alpha value is -1.43. The smallest absolute Gasteiger partial charge is 0.243 e. The van der Waals surface area contributed by atoms with Crippen LogP contribution in [0.3, 0.4) is 0 Å². The molecule has 0 aliphatic carbocycles. The minimum absolute atomic E-state index is 0.174. The molecule has 5 heteroatoms. The van der Waals surface area contributed by atoms with Gasteiger partial charge in [-0.15, -0.1) is 0 Å². The second-order valence-electron chi connectivity index (χ2n) is 5.35. The fourth-order valence-electron chi connectivity index (χ4n) is 2.79. The van der Waals surface area contributed by atoms with E-state index < -0.39 is 10.0 Å². The number of ether oxygens (including phenoxy) is 1. The topological polar surface area (TPSA) is 46.6 Å². The van der Waals surface area contributed by atoms with Crippen molar-refractivity contribution in [3.63, 3.8) is 0 Å². The van der Waals surface area contributed by atoms with Crippen LogP contribution in [0.5, 0.6) is 0 Å². The first-order chi connectivity index (χ1) is 10.1. The maximum atomic E-state index is 12.7. The van der Waals surface area contributed by atoms with E-state index in [4.69, 9.17) is 4.74 Å². The summed E-state index contributed by atoms with van der Waals surface area (Å²) in [6, 6.07) is 13.1. The first-order valence-corrected chi connectivity index (χ1v) is 8.57. The maximum Gasteiger partial charge on any atom is 0.243 e. The van der Waals surface area contributed by atoms with E-state index in [0.717, 1.165) is 23.6 Å². The van der Waals surface area contributed by atoms with Crippen molar-refractivity contribution in [2.75, 3.05) is 20.2 Å². The maximum absolute atomic E-state index is 12.7.